The van der Waals surface area contributed by atoms with Crippen LogP contribution in [-0.2, 0) is 9.59 Å². The molecule has 2 aliphatic rings. The summed E-state index contributed by atoms with van der Waals surface area (Å²) in [6.45, 7) is 6.27. The van der Waals surface area contributed by atoms with E-state index in [1.54, 1.807) is 6.92 Å². The van der Waals surface area contributed by atoms with E-state index in [1.165, 1.54) is 0 Å². The summed E-state index contributed by atoms with van der Waals surface area (Å²) in [6.07, 6.45) is 5.35. The quantitative estimate of drug-likeness (QED) is 0.763. The molecule has 0 saturated carbocycles. The highest BCUT2D eigenvalue weighted by atomic mass is 16.2. The Morgan fingerprint density at radius 2 is 1.67 bits per heavy atom. The van der Waals surface area contributed by atoms with Crippen LogP contribution in [0.1, 0.15) is 46.0 Å². The molecule has 0 aromatic heterocycles. The number of rotatable bonds is 3. The van der Waals surface area contributed by atoms with E-state index >= 15 is 0 Å². The van der Waals surface area contributed by atoms with Crippen molar-refractivity contribution in [2.45, 2.75) is 58.0 Å². The number of ketones is 1. The van der Waals surface area contributed by atoms with Gasteiger partial charge in [-0.2, -0.15) is 0 Å². The minimum atomic E-state index is -0.141. The number of likely N-dealkylation sites (tertiary alicyclic amines) is 2. The Morgan fingerprint density at radius 3 is 2.28 bits per heavy atom. The largest absolute Gasteiger partial charge is 0.341 e. The lowest BCUT2D eigenvalue weighted by Crippen LogP contribution is -2.54. The van der Waals surface area contributed by atoms with Crippen LogP contribution in [0.4, 0.5) is 0 Å². The molecule has 2 saturated heterocycles. The van der Waals surface area contributed by atoms with Gasteiger partial charge < -0.3 is 4.90 Å². The highest BCUT2D eigenvalue weighted by Crippen LogP contribution is 2.22. The van der Waals surface area contributed by atoms with Crippen LogP contribution in [0.15, 0.2) is 0 Å². The molecule has 2 fully saturated rings. The topological polar surface area (TPSA) is 40.6 Å². The molecule has 2 heterocycles. The van der Waals surface area contributed by atoms with Crippen LogP contribution in [0.2, 0.25) is 0 Å². The maximum Gasteiger partial charge on any atom is 0.239 e. The van der Waals surface area contributed by atoms with Gasteiger partial charge in [-0.25, -0.2) is 0 Å². The number of carbonyl (C=O) groups excluding carboxylic acids is 2. The molecule has 102 valence electrons. The fourth-order valence-electron chi connectivity index (χ4n) is 3.20. The van der Waals surface area contributed by atoms with Gasteiger partial charge in [-0.15, -0.1) is 0 Å². The van der Waals surface area contributed by atoms with Crippen LogP contribution in [0.25, 0.3) is 0 Å². The lowest BCUT2D eigenvalue weighted by Gasteiger charge is -2.39. The molecule has 1 amide bonds. The number of piperidine rings is 1. The molecule has 18 heavy (non-hydrogen) atoms. The third-order valence-corrected chi connectivity index (χ3v) is 4.29. The first-order valence-electron chi connectivity index (χ1n) is 7.16. The molecule has 4 heteroatoms. The Hall–Kier alpha value is -0.900. The predicted molar refractivity (Wildman–Crippen MR) is 70.3 cm³/mol. The Bertz CT molecular complexity index is 324. The second-order valence-electron chi connectivity index (χ2n) is 5.57. The lowest BCUT2D eigenvalue weighted by atomic mass is 9.97. The van der Waals surface area contributed by atoms with E-state index in [2.05, 4.69) is 4.90 Å². The van der Waals surface area contributed by atoms with Gasteiger partial charge >= 0.3 is 0 Å². The van der Waals surface area contributed by atoms with Gasteiger partial charge in [0.1, 0.15) is 5.78 Å². The van der Waals surface area contributed by atoms with E-state index in [-0.39, 0.29) is 23.8 Å². The third-order valence-electron chi connectivity index (χ3n) is 4.29. The van der Waals surface area contributed by atoms with Crippen molar-refractivity contribution in [1.29, 1.82) is 0 Å². The van der Waals surface area contributed by atoms with Crippen molar-refractivity contribution in [3.8, 4) is 0 Å². The van der Waals surface area contributed by atoms with Gasteiger partial charge in [-0.1, -0.05) is 6.42 Å². The van der Waals surface area contributed by atoms with Crippen LogP contribution >= 0.6 is 0 Å². The van der Waals surface area contributed by atoms with Gasteiger partial charge in [-0.05, 0) is 46.1 Å². The van der Waals surface area contributed by atoms with Gasteiger partial charge in [0.25, 0.3) is 0 Å². The second kappa shape index (κ2) is 5.83. The molecule has 0 N–H and O–H groups in total. The average molecular weight is 252 g/mol. The molecule has 0 bridgehead atoms. The maximum absolute atomic E-state index is 12.4. The van der Waals surface area contributed by atoms with E-state index in [1.807, 2.05) is 11.8 Å². The number of Topliss-reactive ketones (excluding diaryl/α,β-unsaturated/α-hetero) is 1. The Labute approximate surface area is 109 Å². The van der Waals surface area contributed by atoms with Crippen molar-refractivity contribution in [2.75, 3.05) is 19.6 Å². The first kappa shape index (κ1) is 13.5. The molecule has 2 rings (SSSR count). The Kier molecular flexibility index (Phi) is 4.38. The third kappa shape index (κ3) is 2.74. The van der Waals surface area contributed by atoms with Crippen molar-refractivity contribution in [3.05, 3.63) is 0 Å². The molecule has 0 radical (unpaired) electrons. The van der Waals surface area contributed by atoms with Gasteiger partial charge in [0.05, 0.1) is 12.1 Å². The maximum atomic E-state index is 12.4. The molecular weight excluding hydrogens is 228 g/mol. The van der Waals surface area contributed by atoms with Gasteiger partial charge in [-0.3, -0.25) is 14.5 Å². The van der Waals surface area contributed by atoms with Crippen LogP contribution in [0.5, 0.6) is 0 Å². The SMILES string of the molecule is CC(=O)C1CCCCN1C(C)C(=O)N1CCCC1. The second-order valence-corrected chi connectivity index (χ2v) is 5.57. The predicted octanol–water partition coefficient (Wildman–Crippen LogP) is 1.44. The smallest absolute Gasteiger partial charge is 0.239 e. The van der Waals surface area contributed by atoms with E-state index < -0.39 is 0 Å². The van der Waals surface area contributed by atoms with Crippen LogP contribution in [-0.4, -0.2) is 53.2 Å². The van der Waals surface area contributed by atoms with Crippen molar-refractivity contribution < 1.29 is 9.59 Å². The van der Waals surface area contributed by atoms with Gasteiger partial charge in [0.2, 0.25) is 5.91 Å². The highest BCUT2D eigenvalue weighted by molar-refractivity contribution is 5.85. The number of carbonyl (C=O) groups is 2. The molecule has 4 nitrogen and oxygen atoms in total. The molecule has 0 aromatic rings. The van der Waals surface area contributed by atoms with Crippen molar-refractivity contribution in [3.63, 3.8) is 0 Å². The van der Waals surface area contributed by atoms with Crippen LogP contribution in [0.3, 0.4) is 0 Å². The van der Waals surface area contributed by atoms with Gasteiger partial charge in [0, 0.05) is 13.1 Å². The summed E-state index contributed by atoms with van der Waals surface area (Å²) in [5.74, 6) is 0.413. The number of hydrogen-bond acceptors (Lipinski definition) is 3. The standard InChI is InChI=1S/C14H24N2O2/c1-11(14(18)15-8-5-6-9-15)16-10-4-3-7-13(16)12(2)17/h11,13H,3-10H2,1-2H3. The summed E-state index contributed by atoms with van der Waals surface area (Å²) < 4.78 is 0. The zero-order valence-corrected chi connectivity index (χ0v) is 11.5. The fourth-order valence-corrected chi connectivity index (χ4v) is 3.20. The highest BCUT2D eigenvalue weighted by Gasteiger charge is 2.34. The summed E-state index contributed by atoms with van der Waals surface area (Å²) >= 11 is 0. The van der Waals surface area contributed by atoms with Crippen molar-refractivity contribution >= 4 is 11.7 Å². The first-order chi connectivity index (χ1) is 8.61. The summed E-state index contributed by atoms with van der Waals surface area (Å²) in [4.78, 5) is 28.1. The molecule has 0 aliphatic carbocycles. The fraction of sp³-hybridized carbons (Fsp3) is 0.857. The zero-order chi connectivity index (χ0) is 13.1. The van der Waals surface area contributed by atoms with Crippen molar-refractivity contribution in [2.24, 2.45) is 0 Å². The monoisotopic (exact) mass is 252 g/mol. The molecular formula is C14H24N2O2. The van der Waals surface area contributed by atoms with E-state index in [4.69, 9.17) is 0 Å². The summed E-state index contributed by atoms with van der Waals surface area (Å²) in [6, 6.07) is -0.183. The molecule has 2 aliphatic heterocycles. The minimum absolute atomic E-state index is 0.0414. The van der Waals surface area contributed by atoms with Gasteiger partial charge in [0.15, 0.2) is 0 Å². The summed E-state index contributed by atoms with van der Waals surface area (Å²) in [5.41, 5.74) is 0. The van der Waals surface area contributed by atoms with E-state index in [0.29, 0.717) is 0 Å². The number of nitrogens with zero attached hydrogens (tertiary/aromatic N) is 2. The minimum Gasteiger partial charge on any atom is -0.341 e. The first-order valence-corrected chi connectivity index (χ1v) is 7.16. The summed E-state index contributed by atoms with van der Waals surface area (Å²) in [5, 5.41) is 0. The summed E-state index contributed by atoms with van der Waals surface area (Å²) in [7, 11) is 0. The average Bonchev–Trinajstić information content (AvgIpc) is 2.90. The van der Waals surface area contributed by atoms with Crippen LogP contribution < -0.4 is 0 Å². The molecule has 2 atom stereocenters. The molecule has 0 aromatic carbocycles. The Morgan fingerprint density at radius 1 is 1.06 bits per heavy atom. The number of hydrogen-bond donors (Lipinski definition) is 0. The molecule has 0 spiro atoms. The molecule has 2 unspecified atom stereocenters. The zero-order valence-electron chi connectivity index (χ0n) is 11.5. The lowest BCUT2D eigenvalue weighted by molar-refractivity contribution is -0.138. The Balaban J connectivity index is 2.03. The van der Waals surface area contributed by atoms with E-state index in [0.717, 1.165) is 51.7 Å². The van der Waals surface area contributed by atoms with Crippen LogP contribution in [0, 0.1) is 0 Å². The van der Waals surface area contributed by atoms with Crippen molar-refractivity contribution in [1.82, 2.24) is 9.80 Å². The number of amides is 1. The van der Waals surface area contributed by atoms with E-state index in [9.17, 15) is 9.59 Å². The normalized spacial score (nSPS) is 27.2.